The second-order valence-electron chi connectivity index (χ2n) is 4.50. The Bertz CT molecular complexity index is 346. The van der Waals surface area contributed by atoms with Crippen LogP contribution >= 0.6 is 0 Å². The zero-order valence-corrected chi connectivity index (χ0v) is 10.6. The Morgan fingerprint density at radius 2 is 2.06 bits per heavy atom. The SMILES string of the molecule is CCCCC(CCC)Cc1ccc([N+](=O)[O-])o1. The maximum absolute atomic E-state index is 10.5. The largest absolute Gasteiger partial charge is 0.433 e. The summed E-state index contributed by atoms with van der Waals surface area (Å²) in [4.78, 5) is 10.0. The zero-order chi connectivity index (χ0) is 12.7. The van der Waals surface area contributed by atoms with Crippen molar-refractivity contribution in [3.8, 4) is 0 Å². The normalized spacial score (nSPS) is 12.6. The first-order chi connectivity index (χ1) is 8.17. The van der Waals surface area contributed by atoms with Gasteiger partial charge in [0.25, 0.3) is 0 Å². The molecule has 4 heteroatoms. The quantitative estimate of drug-likeness (QED) is 0.501. The second kappa shape index (κ2) is 7.09. The summed E-state index contributed by atoms with van der Waals surface area (Å²) < 4.78 is 5.20. The molecular formula is C13H21NO3. The lowest BCUT2D eigenvalue weighted by Gasteiger charge is -2.13. The molecule has 0 saturated carbocycles. The summed E-state index contributed by atoms with van der Waals surface area (Å²) in [5, 5.41) is 10.5. The van der Waals surface area contributed by atoms with Gasteiger partial charge in [0.05, 0.1) is 6.07 Å². The van der Waals surface area contributed by atoms with Crippen LogP contribution in [0, 0.1) is 16.0 Å². The van der Waals surface area contributed by atoms with E-state index < -0.39 is 4.92 Å². The van der Waals surface area contributed by atoms with E-state index in [0.29, 0.717) is 5.92 Å². The third kappa shape index (κ3) is 4.59. The average molecular weight is 239 g/mol. The van der Waals surface area contributed by atoms with Crippen molar-refractivity contribution in [2.45, 2.75) is 52.4 Å². The molecule has 96 valence electrons. The second-order valence-corrected chi connectivity index (χ2v) is 4.50. The van der Waals surface area contributed by atoms with Gasteiger partial charge in [-0.15, -0.1) is 0 Å². The van der Waals surface area contributed by atoms with Crippen LogP contribution in [0.3, 0.4) is 0 Å². The highest BCUT2D eigenvalue weighted by Crippen LogP contribution is 2.23. The lowest BCUT2D eigenvalue weighted by Crippen LogP contribution is -2.03. The molecule has 1 rings (SSSR count). The van der Waals surface area contributed by atoms with E-state index in [-0.39, 0.29) is 5.88 Å². The summed E-state index contributed by atoms with van der Waals surface area (Å²) in [6.45, 7) is 4.35. The molecule has 0 saturated heterocycles. The Labute approximate surface area is 102 Å². The molecular weight excluding hydrogens is 218 g/mol. The van der Waals surface area contributed by atoms with Crippen LogP contribution < -0.4 is 0 Å². The third-order valence-electron chi connectivity index (χ3n) is 2.98. The lowest BCUT2D eigenvalue weighted by atomic mass is 9.93. The van der Waals surface area contributed by atoms with Crippen LogP contribution in [-0.4, -0.2) is 4.92 Å². The van der Waals surface area contributed by atoms with Crippen molar-refractivity contribution in [3.05, 3.63) is 28.0 Å². The molecule has 0 amide bonds. The summed E-state index contributed by atoms with van der Waals surface area (Å²) >= 11 is 0. The maximum Gasteiger partial charge on any atom is 0.433 e. The zero-order valence-electron chi connectivity index (χ0n) is 10.6. The molecule has 0 N–H and O–H groups in total. The van der Waals surface area contributed by atoms with Crippen molar-refractivity contribution in [1.29, 1.82) is 0 Å². The van der Waals surface area contributed by atoms with E-state index in [2.05, 4.69) is 13.8 Å². The van der Waals surface area contributed by atoms with Gasteiger partial charge in [-0.1, -0.05) is 46.0 Å². The Hall–Kier alpha value is -1.32. The minimum atomic E-state index is -0.482. The standard InChI is InChI=1S/C13H21NO3/c1-3-5-7-11(6-4-2)10-12-8-9-13(17-12)14(15)16/h8-9,11H,3-7,10H2,1-2H3. The summed E-state index contributed by atoms with van der Waals surface area (Å²) in [5.74, 6) is 1.18. The van der Waals surface area contributed by atoms with Gasteiger partial charge in [0, 0.05) is 6.42 Å². The van der Waals surface area contributed by atoms with Gasteiger partial charge in [0.1, 0.15) is 10.7 Å². The van der Waals surface area contributed by atoms with Crippen molar-refractivity contribution in [2.75, 3.05) is 0 Å². The number of furan rings is 1. The fourth-order valence-corrected chi connectivity index (χ4v) is 2.11. The molecule has 0 aliphatic carbocycles. The van der Waals surface area contributed by atoms with E-state index in [1.54, 1.807) is 6.07 Å². The van der Waals surface area contributed by atoms with E-state index in [9.17, 15) is 10.1 Å². The van der Waals surface area contributed by atoms with Crippen molar-refractivity contribution < 1.29 is 9.34 Å². The van der Waals surface area contributed by atoms with Gasteiger partial charge in [-0.3, -0.25) is 10.1 Å². The number of nitrogens with zero attached hydrogens (tertiary/aromatic N) is 1. The van der Waals surface area contributed by atoms with Crippen LogP contribution in [0.25, 0.3) is 0 Å². The fourth-order valence-electron chi connectivity index (χ4n) is 2.11. The number of hydrogen-bond donors (Lipinski definition) is 0. The van der Waals surface area contributed by atoms with Crippen molar-refractivity contribution in [1.82, 2.24) is 0 Å². The molecule has 1 atom stereocenters. The molecule has 0 bridgehead atoms. The molecule has 0 aliphatic heterocycles. The predicted octanol–water partition coefficient (Wildman–Crippen LogP) is 4.34. The van der Waals surface area contributed by atoms with E-state index in [0.717, 1.165) is 25.0 Å². The van der Waals surface area contributed by atoms with E-state index >= 15 is 0 Å². The molecule has 17 heavy (non-hydrogen) atoms. The number of nitro groups is 1. The third-order valence-corrected chi connectivity index (χ3v) is 2.98. The van der Waals surface area contributed by atoms with Gasteiger partial charge in [-0.05, 0) is 12.0 Å². The molecule has 0 aliphatic rings. The van der Waals surface area contributed by atoms with Gasteiger partial charge in [-0.2, -0.15) is 0 Å². The summed E-state index contributed by atoms with van der Waals surface area (Å²) in [5.41, 5.74) is 0. The Kier molecular flexibility index (Phi) is 5.73. The van der Waals surface area contributed by atoms with Crippen molar-refractivity contribution in [3.63, 3.8) is 0 Å². The van der Waals surface area contributed by atoms with Crippen molar-refractivity contribution >= 4 is 5.88 Å². The van der Waals surface area contributed by atoms with E-state index in [1.807, 2.05) is 0 Å². The van der Waals surface area contributed by atoms with Crippen molar-refractivity contribution in [2.24, 2.45) is 5.92 Å². The van der Waals surface area contributed by atoms with Gasteiger partial charge < -0.3 is 4.42 Å². The summed E-state index contributed by atoms with van der Waals surface area (Å²) in [6, 6.07) is 3.17. The minimum Gasteiger partial charge on any atom is -0.406 e. The van der Waals surface area contributed by atoms with Gasteiger partial charge in [-0.25, -0.2) is 0 Å². The number of unbranched alkanes of at least 4 members (excludes halogenated alkanes) is 1. The van der Waals surface area contributed by atoms with Crippen LogP contribution in [0.5, 0.6) is 0 Å². The molecule has 0 fully saturated rings. The van der Waals surface area contributed by atoms with Gasteiger partial charge >= 0.3 is 5.88 Å². The monoisotopic (exact) mass is 239 g/mol. The van der Waals surface area contributed by atoms with Crippen LogP contribution in [-0.2, 0) is 6.42 Å². The lowest BCUT2D eigenvalue weighted by molar-refractivity contribution is -0.402. The first kappa shape index (κ1) is 13.7. The number of hydrogen-bond acceptors (Lipinski definition) is 3. The van der Waals surface area contributed by atoms with E-state index in [4.69, 9.17) is 4.42 Å². The Morgan fingerprint density at radius 1 is 1.29 bits per heavy atom. The maximum atomic E-state index is 10.5. The fraction of sp³-hybridized carbons (Fsp3) is 0.692. The smallest absolute Gasteiger partial charge is 0.406 e. The molecule has 0 spiro atoms. The van der Waals surface area contributed by atoms with E-state index in [1.165, 1.54) is 25.3 Å². The van der Waals surface area contributed by atoms with Crippen LogP contribution in [0.2, 0.25) is 0 Å². The summed E-state index contributed by atoms with van der Waals surface area (Å²) in [6.07, 6.45) is 6.72. The van der Waals surface area contributed by atoms with Gasteiger partial charge in [0.15, 0.2) is 0 Å². The minimum absolute atomic E-state index is 0.147. The first-order valence-corrected chi connectivity index (χ1v) is 6.40. The molecule has 1 aromatic rings. The highest BCUT2D eigenvalue weighted by atomic mass is 16.6. The molecule has 1 heterocycles. The van der Waals surface area contributed by atoms with Crippen LogP contribution in [0.1, 0.15) is 51.7 Å². The summed E-state index contributed by atoms with van der Waals surface area (Å²) in [7, 11) is 0. The van der Waals surface area contributed by atoms with Crippen LogP contribution in [0.4, 0.5) is 5.88 Å². The highest BCUT2D eigenvalue weighted by molar-refractivity contribution is 5.18. The highest BCUT2D eigenvalue weighted by Gasteiger charge is 2.15. The average Bonchev–Trinajstić information content (AvgIpc) is 2.75. The molecule has 0 radical (unpaired) electrons. The molecule has 1 unspecified atom stereocenters. The number of rotatable bonds is 8. The first-order valence-electron chi connectivity index (χ1n) is 6.40. The van der Waals surface area contributed by atoms with Gasteiger partial charge in [0.2, 0.25) is 0 Å². The van der Waals surface area contributed by atoms with Crippen LogP contribution in [0.15, 0.2) is 16.5 Å². The Balaban J connectivity index is 2.55. The predicted molar refractivity (Wildman–Crippen MR) is 67.0 cm³/mol. The molecule has 4 nitrogen and oxygen atoms in total. The Morgan fingerprint density at radius 3 is 2.59 bits per heavy atom. The topological polar surface area (TPSA) is 56.3 Å². The molecule has 0 aromatic carbocycles. The molecule has 1 aromatic heterocycles.